The summed E-state index contributed by atoms with van der Waals surface area (Å²) < 4.78 is 12.4. The van der Waals surface area contributed by atoms with Crippen LogP contribution in [0.15, 0.2) is 12.7 Å². The van der Waals surface area contributed by atoms with Crippen molar-refractivity contribution in [1.29, 1.82) is 0 Å². The Morgan fingerprint density at radius 1 is 1.00 bits per heavy atom. The molecule has 0 saturated heterocycles. The van der Waals surface area contributed by atoms with Crippen molar-refractivity contribution in [3.8, 4) is 0 Å². The number of allylic oxidation sites excluding steroid dienone is 1. The maximum Gasteiger partial charge on any atom is 0.0973 e. The fraction of sp³-hybridized carbons (Fsp3) is 0.846. The van der Waals surface area contributed by atoms with Crippen molar-refractivity contribution in [2.45, 2.75) is 70.9 Å². The molecule has 0 N–H and O–H groups in total. The standard InChI is InChI=1S/C13H25F/c1-3-4-5-6-7-8-9-10-11-12-13(2)14/h3,13H,1,4-12H2,2H3. The van der Waals surface area contributed by atoms with Crippen molar-refractivity contribution in [1.82, 2.24) is 0 Å². The molecule has 0 spiro atoms. The van der Waals surface area contributed by atoms with E-state index in [2.05, 4.69) is 6.58 Å². The fourth-order valence-electron chi connectivity index (χ4n) is 1.60. The van der Waals surface area contributed by atoms with Crippen molar-refractivity contribution < 1.29 is 4.39 Å². The van der Waals surface area contributed by atoms with Gasteiger partial charge in [0.2, 0.25) is 0 Å². The molecule has 0 heterocycles. The summed E-state index contributed by atoms with van der Waals surface area (Å²) in [6.07, 6.45) is 12.1. The van der Waals surface area contributed by atoms with Crippen LogP contribution in [-0.4, -0.2) is 6.17 Å². The van der Waals surface area contributed by atoms with Gasteiger partial charge in [-0.1, -0.05) is 44.6 Å². The van der Waals surface area contributed by atoms with E-state index < -0.39 is 6.17 Å². The van der Waals surface area contributed by atoms with Crippen LogP contribution in [0.25, 0.3) is 0 Å². The largest absolute Gasteiger partial charge is 0.248 e. The van der Waals surface area contributed by atoms with E-state index in [1.165, 1.54) is 38.5 Å². The molecule has 0 amide bonds. The van der Waals surface area contributed by atoms with E-state index in [9.17, 15) is 4.39 Å². The Morgan fingerprint density at radius 2 is 1.50 bits per heavy atom. The van der Waals surface area contributed by atoms with Crippen molar-refractivity contribution >= 4 is 0 Å². The minimum atomic E-state index is -0.609. The van der Waals surface area contributed by atoms with Gasteiger partial charge in [-0.05, 0) is 26.2 Å². The second-order valence-electron chi connectivity index (χ2n) is 4.12. The summed E-state index contributed by atoms with van der Waals surface area (Å²) in [6.45, 7) is 5.35. The summed E-state index contributed by atoms with van der Waals surface area (Å²) in [6, 6.07) is 0. The minimum absolute atomic E-state index is 0.609. The predicted octanol–water partition coefficient (Wildman–Crippen LogP) is 5.04. The summed E-state index contributed by atoms with van der Waals surface area (Å²) >= 11 is 0. The van der Waals surface area contributed by atoms with Crippen LogP contribution < -0.4 is 0 Å². The molecular formula is C13H25F. The predicted molar refractivity (Wildman–Crippen MR) is 62.3 cm³/mol. The van der Waals surface area contributed by atoms with Gasteiger partial charge < -0.3 is 0 Å². The van der Waals surface area contributed by atoms with Crippen LogP contribution in [0.1, 0.15) is 64.7 Å². The first-order valence-electron chi connectivity index (χ1n) is 6.02. The first-order valence-corrected chi connectivity index (χ1v) is 6.02. The van der Waals surface area contributed by atoms with E-state index in [-0.39, 0.29) is 0 Å². The van der Waals surface area contributed by atoms with Crippen LogP contribution in [0.3, 0.4) is 0 Å². The van der Waals surface area contributed by atoms with E-state index in [1.807, 2.05) is 6.08 Å². The lowest BCUT2D eigenvalue weighted by Crippen LogP contribution is -1.91. The number of hydrogen-bond acceptors (Lipinski definition) is 0. The van der Waals surface area contributed by atoms with Gasteiger partial charge in [-0.25, -0.2) is 4.39 Å². The SMILES string of the molecule is C=CCCCCCCCCCC(C)F. The lowest BCUT2D eigenvalue weighted by molar-refractivity contribution is 0.329. The number of hydrogen-bond donors (Lipinski definition) is 0. The maximum atomic E-state index is 12.4. The third-order valence-corrected chi connectivity index (χ3v) is 2.51. The molecule has 0 saturated carbocycles. The minimum Gasteiger partial charge on any atom is -0.248 e. The van der Waals surface area contributed by atoms with Gasteiger partial charge in [-0.3, -0.25) is 0 Å². The highest BCUT2D eigenvalue weighted by Crippen LogP contribution is 2.11. The molecule has 0 aliphatic heterocycles. The third-order valence-electron chi connectivity index (χ3n) is 2.51. The Labute approximate surface area is 88.6 Å². The van der Waals surface area contributed by atoms with E-state index in [1.54, 1.807) is 6.92 Å². The van der Waals surface area contributed by atoms with Gasteiger partial charge in [-0.15, -0.1) is 6.58 Å². The van der Waals surface area contributed by atoms with Crippen molar-refractivity contribution in [3.63, 3.8) is 0 Å². The summed E-state index contributed by atoms with van der Waals surface area (Å²) in [5, 5.41) is 0. The van der Waals surface area contributed by atoms with Crippen molar-refractivity contribution in [3.05, 3.63) is 12.7 Å². The first kappa shape index (κ1) is 13.7. The van der Waals surface area contributed by atoms with Crippen LogP contribution in [0, 0.1) is 0 Å². The number of rotatable bonds is 10. The normalized spacial score (nSPS) is 12.7. The molecule has 0 aromatic rings. The Balaban J connectivity index is 2.88. The zero-order valence-electron chi connectivity index (χ0n) is 9.60. The zero-order valence-corrected chi connectivity index (χ0v) is 9.60. The van der Waals surface area contributed by atoms with Crippen molar-refractivity contribution in [2.24, 2.45) is 0 Å². The lowest BCUT2D eigenvalue weighted by Gasteiger charge is -2.02. The van der Waals surface area contributed by atoms with Crippen LogP contribution in [0.2, 0.25) is 0 Å². The smallest absolute Gasteiger partial charge is 0.0973 e. The topological polar surface area (TPSA) is 0 Å². The average molecular weight is 200 g/mol. The van der Waals surface area contributed by atoms with Gasteiger partial charge in [0.15, 0.2) is 0 Å². The molecule has 0 aliphatic carbocycles. The molecule has 0 aromatic carbocycles. The van der Waals surface area contributed by atoms with E-state index in [4.69, 9.17) is 0 Å². The molecule has 0 aromatic heterocycles. The van der Waals surface area contributed by atoms with E-state index in [0.717, 1.165) is 19.3 Å². The van der Waals surface area contributed by atoms with Gasteiger partial charge in [0, 0.05) is 0 Å². The molecular weight excluding hydrogens is 175 g/mol. The van der Waals surface area contributed by atoms with Crippen LogP contribution >= 0.6 is 0 Å². The highest BCUT2D eigenvalue weighted by Gasteiger charge is 1.97. The Kier molecular flexibility index (Phi) is 10.5. The first-order chi connectivity index (χ1) is 6.77. The van der Waals surface area contributed by atoms with Crippen LogP contribution in [0.5, 0.6) is 0 Å². The van der Waals surface area contributed by atoms with Gasteiger partial charge in [0.1, 0.15) is 0 Å². The number of alkyl halides is 1. The number of unbranched alkanes of at least 4 members (excludes halogenated alkanes) is 7. The fourth-order valence-corrected chi connectivity index (χ4v) is 1.60. The molecule has 0 nitrogen and oxygen atoms in total. The van der Waals surface area contributed by atoms with Gasteiger partial charge in [-0.2, -0.15) is 0 Å². The molecule has 1 heteroatoms. The highest BCUT2D eigenvalue weighted by atomic mass is 19.1. The molecule has 1 atom stereocenters. The quantitative estimate of drug-likeness (QED) is 0.342. The van der Waals surface area contributed by atoms with Crippen molar-refractivity contribution in [2.75, 3.05) is 0 Å². The molecule has 0 aliphatic rings. The zero-order chi connectivity index (χ0) is 10.6. The molecule has 0 bridgehead atoms. The Hall–Kier alpha value is -0.330. The van der Waals surface area contributed by atoms with Gasteiger partial charge >= 0.3 is 0 Å². The molecule has 14 heavy (non-hydrogen) atoms. The monoisotopic (exact) mass is 200 g/mol. The number of halogens is 1. The van der Waals surface area contributed by atoms with Gasteiger partial charge in [0.05, 0.1) is 6.17 Å². The maximum absolute atomic E-state index is 12.4. The van der Waals surface area contributed by atoms with E-state index >= 15 is 0 Å². The second kappa shape index (κ2) is 10.7. The summed E-state index contributed by atoms with van der Waals surface area (Å²) in [5.41, 5.74) is 0. The molecule has 0 rings (SSSR count). The summed E-state index contributed by atoms with van der Waals surface area (Å²) in [7, 11) is 0. The lowest BCUT2D eigenvalue weighted by atomic mass is 10.1. The molecule has 84 valence electrons. The summed E-state index contributed by atoms with van der Waals surface area (Å²) in [5.74, 6) is 0. The molecule has 0 radical (unpaired) electrons. The van der Waals surface area contributed by atoms with Crippen LogP contribution in [0.4, 0.5) is 4.39 Å². The Morgan fingerprint density at radius 3 is 2.00 bits per heavy atom. The summed E-state index contributed by atoms with van der Waals surface area (Å²) in [4.78, 5) is 0. The second-order valence-corrected chi connectivity index (χ2v) is 4.12. The average Bonchev–Trinajstić information content (AvgIpc) is 2.15. The third kappa shape index (κ3) is 11.7. The van der Waals surface area contributed by atoms with Gasteiger partial charge in [0.25, 0.3) is 0 Å². The molecule has 1 unspecified atom stereocenters. The van der Waals surface area contributed by atoms with Crippen LogP contribution in [-0.2, 0) is 0 Å². The van der Waals surface area contributed by atoms with E-state index in [0.29, 0.717) is 0 Å². The molecule has 0 fully saturated rings. The highest BCUT2D eigenvalue weighted by molar-refractivity contribution is 4.65. The Bertz CT molecular complexity index is 118.